The average molecular weight is 379 g/mol. The number of benzene rings is 1. The SMILES string of the molecule is O=C(NCc1ccc(F)cc1F)c1sccc1I. The van der Waals surface area contributed by atoms with Gasteiger partial charge in [-0.15, -0.1) is 11.3 Å². The molecule has 2 rings (SSSR count). The molecule has 0 atom stereocenters. The monoisotopic (exact) mass is 379 g/mol. The lowest BCUT2D eigenvalue weighted by atomic mass is 10.2. The maximum Gasteiger partial charge on any atom is 0.262 e. The minimum Gasteiger partial charge on any atom is -0.347 e. The van der Waals surface area contributed by atoms with E-state index >= 15 is 0 Å². The molecule has 0 saturated heterocycles. The Hall–Kier alpha value is -1.02. The fourth-order valence-corrected chi connectivity index (χ4v) is 3.13. The summed E-state index contributed by atoms with van der Waals surface area (Å²) in [5.41, 5.74) is 0.260. The lowest BCUT2D eigenvalue weighted by Gasteiger charge is -2.05. The van der Waals surface area contributed by atoms with Crippen LogP contribution >= 0.6 is 33.9 Å². The summed E-state index contributed by atoms with van der Waals surface area (Å²) >= 11 is 3.39. The van der Waals surface area contributed by atoms with Crippen LogP contribution in [0.2, 0.25) is 0 Å². The Morgan fingerprint density at radius 3 is 2.72 bits per heavy atom. The van der Waals surface area contributed by atoms with Crippen molar-refractivity contribution in [2.24, 2.45) is 0 Å². The molecule has 0 aliphatic rings. The van der Waals surface area contributed by atoms with Gasteiger partial charge in [0.1, 0.15) is 16.5 Å². The van der Waals surface area contributed by atoms with E-state index in [1.807, 2.05) is 11.4 Å². The van der Waals surface area contributed by atoms with E-state index in [9.17, 15) is 13.6 Å². The van der Waals surface area contributed by atoms with E-state index in [1.54, 1.807) is 0 Å². The highest BCUT2D eigenvalue weighted by atomic mass is 127. The van der Waals surface area contributed by atoms with Crippen LogP contribution in [0.25, 0.3) is 0 Å². The van der Waals surface area contributed by atoms with Gasteiger partial charge in [-0.05, 0) is 40.1 Å². The Labute approximate surface area is 120 Å². The molecule has 0 radical (unpaired) electrons. The molecule has 0 aliphatic heterocycles. The second-order valence-electron chi connectivity index (χ2n) is 3.52. The first-order valence-corrected chi connectivity index (χ1v) is 6.99. The van der Waals surface area contributed by atoms with Gasteiger partial charge in [0.2, 0.25) is 0 Å². The predicted octanol–water partition coefficient (Wildman–Crippen LogP) is 3.56. The molecule has 1 aromatic heterocycles. The van der Waals surface area contributed by atoms with Crippen LogP contribution in [0.15, 0.2) is 29.6 Å². The van der Waals surface area contributed by atoms with E-state index in [2.05, 4.69) is 27.9 Å². The maximum atomic E-state index is 13.3. The van der Waals surface area contributed by atoms with Crippen molar-refractivity contribution < 1.29 is 13.6 Å². The molecular formula is C12H8F2INOS. The largest absolute Gasteiger partial charge is 0.347 e. The first-order chi connectivity index (χ1) is 8.58. The summed E-state index contributed by atoms with van der Waals surface area (Å²) in [6.07, 6.45) is 0. The van der Waals surface area contributed by atoms with Crippen LogP contribution in [0, 0.1) is 15.2 Å². The van der Waals surface area contributed by atoms with Crippen molar-refractivity contribution in [1.82, 2.24) is 5.32 Å². The fourth-order valence-electron chi connectivity index (χ4n) is 1.38. The molecule has 0 saturated carbocycles. The first kappa shape index (κ1) is 13.4. The average Bonchev–Trinajstić information content (AvgIpc) is 2.74. The van der Waals surface area contributed by atoms with Gasteiger partial charge in [0.05, 0.1) is 0 Å². The van der Waals surface area contributed by atoms with Gasteiger partial charge >= 0.3 is 0 Å². The molecular weight excluding hydrogens is 371 g/mol. The van der Waals surface area contributed by atoms with Gasteiger partial charge in [0.15, 0.2) is 0 Å². The number of thiophene rings is 1. The van der Waals surface area contributed by atoms with Crippen LogP contribution in [-0.4, -0.2) is 5.91 Å². The van der Waals surface area contributed by atoms with E-state index in [4.69, 9.17) is 0 Å². The smallest absolute Gasteiger partial charge is 0.262 e. The van der Waals surface area contributed by atoms with Gasteiger partial charge < -0.3 is 5.32 Å². The normalized spacial score (nSPS) is 10.4. The summed E-state index contributed by atoms with van der Waals surface area (Å²) in [7, 11) is 0. The Kier molecular flexibility index (Phi) is 4.28. The molecule has 0 bridgehead atoms. The number of hydrogen-bond acceptors (Lipinski definition) is 2. The molecule has 2 nitrogen and oxygen atoms in total. The Bertz CT molecular complexity index is 585. The molecule has 1 amide bonds. The molecule has 18 heavy (non-hydrogen) atoms. The first-order valence-electron chi connectivity index (χ1n) is 5.03. The summed E-state index contributed by atoms with van der Waals surface area (Å²) in [4.78, 5) is 12.4. The second kappa shape index (κ2) is 5.75. The van der Waals surface area contributed by atoms with Gasteiger partial charge in [-0.2, -0.15) is 0 Å². The standard InChI is InChI=1S/C12H8F2INOS/c13-8-2-1-7(9(14)5-8)6-16-12(17)11-10(15)3-4-18-11/h1-5H,6H2,(H,16,17). The summed E-state index contributed by atoms with van der Waals surface area (Å²) in [6, 6.07) is 5.12. The zero-order chi connectivity index (χ0) is 13.1. The summed E-state index contributed by atoms with van der Waals surface area (Å²) in [5.74, 6) is -1.54. The lowest BCUT2D eigenvalue weighted by molar-refractivity contribution is 0.0954. The summed E-state index contributed by atoms with van der Waals surface area (Å²) in [5, 5.41) is 4.42. The molecule has 1 aromatic carbocycles. The lowest BCUT2D eigenvalue weighted by Crippen LogP contribution is -2.23. The minimum atomic E-state index is -0.656. The number of hydrogen-bond donors (Lipinski definition) is 1. The van der Waals surface area contributed by atoms with E-state index in [-0.39, 0.29) is 18.0 Å². The van der Waals surface area contributed by atoms with Gasteiger partial charge in [0, 0.05) is 21.7 Å². The molecule has 6 heteroatoms. The van der Waals surface area contributed by atoms with Gasteiger partial charge in [-0.1, -0.05) is 6.07 Å². The minimum absolute atomic E-state index is 0.0406. The van der Waals surface area contributed by atoms with Crippen molar-refractivity contribution >= 4 is 39.8 Å². The number of amides is 1. The highest BCUT2D eigenvalue weighted by molar-refractivity contribution is 14.1. The third-order valence-corrected chi connectivity index (χ3v) is 4.46. The van der Waals surface area contributed by atoms with E-state index < -0.39 is 11.6 Å². The van der Waals surface area contributed by atoms with Crippen LogP contribution in [0.1, 0.15) is 15.2 Å². The Morgan fingerprint density at radius 1 is 1.33 bits per heavy atom. The Morgan fingerprint density at radius 2 is 2.11 bits per heavy atom. The quantitative estimate of drug-likeness (QED) is 0.812. The zero-order valence-electron chi connectivity index (χ0n) is 9.04. The molecule has 1 N–H and O–H groups in total. The fraction of sp³-hybridized carbons (Fsp3) is 0.0833. The van der Waals surface area contributed by atoms with Crippen molar-refractivity contribution in [3.8, 4) is 0 Å². The van der Waals surface area contributed by atoms with Crippen LogP contribution in [-0.2, 0) is 6.54 Å². The van der Waals surface area contributed by atoms with Crippen molar-refractivity contribution in [3.63, 3.8) is 0 Å². The van der Waals surface area contributed by atoms with Crippen molar-refractivity contribution in [2.75, 3.05) is 0 Å². The number of carbonyl (C=O) groups is 1. The number of rotatable bonds is 3. The maximum absolute atomic E-state index is 13.3. The molecule has 94 valence electrons. The third kappa shape index (κ3) is 3.05. The third-order valence-electron chi connectivity index (χ3n) is 2.28. The second-order valence-corrected chi connectivity index (χ2v) is 5.59. The molecule has 2 aromatic rings. The van der Waals surface area contributed by atoms with Crippen molar-refractivity contribution in [3.05, 3.63) is 55.3 Å². The van der Waals surface area contributed by atoms with Crippen LogP contribution in [0.5, 0.6) is 0 Å². The van der Waals surface area contributed by atoms with Gasteiger partial charge in [-0.25, -0.2) is 8.78 Å². The van der Waals surface area contributed by atoms with Gasteiger partial charge in [0.25, 0.3) is 5.91 Å². The van der Waals surface area contributed by atoms with E-state index in [1.165, 1.54) is 23.5 Å². The predicted molar refractivity (Wildman–Crippen MR) is 74.6 cm³/mol. The topological polar surface area (TPSA) is 29.1 Å². The highest BCUT2D eigenvalue weighted by Gasteiger charge is 2.12. The molecule has 0 aliphatic carbocycles. The highest BCUT2D eigenvalue weighted by Crippen LogP contribution is 2.18. The summed E-state index contributed by atoms with van der Waals surface area (Å²) < 4.78 is 26.9. The van der Waals surface area contributed by atoms with Crippen LogP contribution in [0.4, 0.5) is 8.78 Å². The molecule has 0 unspecified atom stereocenters. The van der Waals surface area contributed by atoms with Crippen molar-refractivity contribution in [1.29, 1.82) is 0 Å². The van der Waals surface area contributed by atoms with Crippen LogP contribution < -0.4 is 5.32 Å². The molecule has 0 fully saturated rings. The molecule has 1 heterocycles. The molecule has 0 spiro atoms. The number of carbonyl (C=O) groups excluding carboxylic acids is 1. The van der Waals surface area contributed by atoms with Crippen molar-refractivity contribution in [2.45, 2.75) is 6.54 Å². The number of halogens is 3. The number of nitrogens with one attached hydrogen (secondary N) is 1. The van der Waals surface area contributed by atoms with E-state index in [0.717, 1.165) is 9.64 Å². The zero-order valence-corrected chi connectivity index (χ0v) is 12.0. The Balaban J connectivity index is 2.04. The van der Waals surface area contributed by atoms with Crippen LogP contribution in [0.3, 0.4) is 0 Å². The summed E-state index contributed by atoms with van der Waals surface area (Å²) in [6.45, 7) is 0.0406. The van der Waals surface area contributed by atoms with E-state index in [0.29, 0.717) is 4.88 Å². The van der Waals surface area contributed by atoms with Gasteiger partial charge in [-0.3, -0.25) is 4.79 Å².